The van der Waals surface area contributed by atoms with Gasteiger partial charge in [-0.2, -0.15) is 0 Å². The quantitative estimate of drug-likeness (QED) is 0.790. The Balaban J connectivity index is 1.73. The van der Waals surface area contributed by atoms with Gasteiger partial charge in [0, 0.05) is 23.6 Å². The molecule has 2 saturated carbocycles. The molecule has 3 aliphatic rings. The number of nitrogens with one attached hydrogen (secondary N) is 1. The molecular formula is C14H18N2OS. The van der Waals surface area contributed by atoms with Crippen molar-refractivity contribution in [1.82, 2.24) is 9.97 Å². The van der Waals surface area contributed by atoms with Crippen molar-refractivity contribution in [3.05, 3.63) is 21.7 Å². The summed E-state index contributed by atoms with van der Waals surface area (Å²) in [4.78, 5) is 8.24. The lowest BCUT2D eigenvalue weighted by atomic mass is 9.88. The molecule has 1 aromatic heterocycles. The summed E-state index contributed by atoms with van der Waals surface area (Å²) < 4.78 is 6.23. The van der Waals surface area contributed by atoms with E-state index >= 15 is 0 Å². The summed E-state index contributed by atoms with van der Waals surface area (Å²) in [5.41, 5.74) is 2.39. The molecule has 0 saturated heterocycles. The van der Waals surface area contributed by atoms with Gasteiger partial charge in [-0.25, -0.2) is 4.98 Å². The highest BCUT2D eigenvalue weighted by Crippen LogP contribution is 2.52. The highest BCUT2D eigenvalue weighted by Gasteiger charge is 2.41. The first-order valence-electron chi connectivity index (χ1n) is 7.01. The molecule has 1 aromatic rings. The van der Waals surface area contributed by atoms with Crippen molar-refractivity contribution in [2.24, 2.45) is 11.8 Å². The number of aromatic amines is 1. The van der Waals surface area contributed by atoms with Gasteiger partial charge in [0.15, 0.2) is 0 Å². The van der Waals surface area contributed by atoms with Crippen LogP contribution >= 0.6 is 12.2 Å². The van der Waals surface area contributed by atoms with Crippen molar-refractivity contribution >= 4 is 12.2 Å². The molecule has 1 aliphatic heterocycles. The van der Waals surface area contributed by atoms with Gasteiger partial charge < -0.3 is 9.72 Å². The van der Waals surface area contributed by atoms with Crippen LogP contribution in [0, 0.1) is 16.5 Å². The molecule has 4 heteroatoms. The second-order valence-corrected chi connectivity index (χ2v) is 6.35. The van der Waals surface area contributed by atoms with Crippen LogP contribution in [0.5, 0.6) is 0 Å². The molecule has 3 atom stereocenters. The maximum atomic E-state index is 5.46. The number of aromatic nitrogens is 2. The maximum Gasteiger partial charge on any atom is 0.135 e. The lowest BCUT2D eigenvalue weighted by Crippen LogP contribution is -2.18. The van der Waals surface area contributed by atoms with Crippen LogP contribution in [-0.2, 0) is 17.8 Å². The minimum Gasteiger partial charge on any atom is -0.376 e. The van der Waals surface area contributed by atoms with E-state index in [1.165, 1.54) is 31.4 Å². The van der Waals surface area contributed by atoms with E-state index in [1.807, 2.05) is 0 Å². The predicted octanol–water partition coefficient (Wildman–Crippen LogP) is 3.12. The Morgan fingerprint density at radius 3 is 3.00 bits per heavy atom. The first kappa shape index (κ1) is 11.1. The highest BCUT2D eigenvalue weighted by molar-refractivity contribution is 7.71. The van der Waals surface area contributed by atoms with Crippen molar-refractivity contribution in [2.75, 3.05) is 6.61 Å². The van der Waals surface area contributed by atoms with E-state index in [1.54, 1.807) is 0 Å². The van der Waals surface area contributed by atoms with Gasteiger partial charge in [-0.15, -0.1) is 0 Å². The Kier molecular flexibility index (Phi) is 2.55. The molecule has 18 heavy (non-hydrogen) atoms. The molecule has 2 bridgehead atoms. The molecule has 2 aliphatic carbocycles. The zero-order chi connectivity index (χ0) is 12.1. The molecule has 2 heterocycles. The zero-order valence-corrected chi connectivity index (χ0v) is 11.3. The second kappa shape index (κ2) is 4.14. The number of H-pyrrole nitrogens is 1. The minimum absolute atomic E-state index is 0.634. The molecule has 3 nitrogen and oxygen atoms in total. The first-order valence-corrected chi connectivity index (χ1v) is 7.42. The largest absolute Gasteiger partial charge is 0.376 e. The van der Waals surface area contributed by atoms with Crippen molar-refractivity contribution < 1.29 is 4.74 Å². The number of hydrogen-bond donors (Lipinski definition) is 1. The second-order valence-electron chi connectivity index (χ2n) is 5.97. The Hall–Kier alpha value is -0.740. The Labute approximate surface area is 112 Å². The highest BCUT2D eigenvalue weighted by atomic mass is 32.1. The van der Waals surface area contributed by atoms with Gasteiger partial charge in [0.1, 0.15) is 10.5 Å². The third kappa shape index (κ3) is 1.66. The van der Waals surface area contributed by atoms with Gasteiger partial charge in [0.05, 0.1) is 13.2 Å². The Bertz CT molecular complexity index is 539. The van der Waals surface area contributed by atoms with Crippen LogP contribution in [0.1, 0.15) is 48.7 Å². The maximum absolute atomic E-state index is 5.46. The summed E-state index contributed by atoms with van der Waals surface area (Å²) in [5, 5.41) is 0. The van der Waals surface area contributed by atoms with E-state index in [0.717, 1.165) is 40.9 Å². The van der Waals surface area contributed by atoms with Crippen LogP contribution < -0.4 is 0 Å². The van der Waals surface area contributed by atoms with E-state index in [9.17, 15) is 0 Å². The smallest absolute Gasteiger partial charge is 0.135 e. The fraction of sp³-hybridized carbons (Fsp3) is 0.714. The predicted molar refractivity (Wildman–Crippen MR) is 71.0 cm³/mol. The lowest BCUT2D eigenvalue weighted by molar-refractivity contribution is 0.108. The molecular weight excluding hydrogens is 244 g/mol. The third-order valence-electron chi connectivity index (χ3n) is 4.96. The first-order chi connectivity index (χ1) is 8.81. The summed E-state index contributed by atoms with van der Waals surface area (Å²) >= 11 is 5.44. The van der Waals surface area contributed by atoms with Crippen molar-refractivity contribution in [3.8, 4) is 0 Å². The summed E-state index contributed by atoms with van der Waals surface area (Å²) in [6.07, 6.45) is 6.50. The average molecular weight is 262 g/mol. The van der Waals surface area contributed by atoms with Gasteiger partial charge >= 0.3 is 0 Å². The summed E-state index contributed by atoms with van der Waals surface area (Å²) in [6.45, 7) is 1.44. The lowest BCUT2D eigenvalue weighted by Gasteiger charge is -2.23. The molecule has 0 aromatic carbocycles. The van der Waals surface area contributed by atoms with E-state index in [-0.39, 0.29) is 0 Å². The molecule has 0 spiro atoms. The number of ether oxygens (including phenoxy) is 1. The fourth-order valence-electron chi connectivity index (χ4n) is 4.03. The van der Waals surface area contributed by atoms with Gasteiger partial charge in [-0.1, -0.05) is 18.6 Å². The van der Waals surface area contributed by atoms with Gasteiger partial charge in [-0.05, 0) is 31.1 Å². The molecule has 2 fully saturated rings. The van der Waals surface area contributed by atoms with E-state index in [4.69, 9.17) is 17.0 Å². The molecule has 96 valence electrons. The fourth-order valence-corrected chi connectivity index (χ4v) is 4.31. The third-order valence-corrected chi connectivity index (χ3v) is 5.29. The van der Waals surface area contributed by atoms with Gasteiger partial charge in [0.2, 0.25) is 0 Å². The van der Waals surface area contributed by atoms with Crippen LogP contribution in [0.3, 0.4) is 0 Å². The van der Waals surface area contributed by atoms with E-state index in [2.05, 4.69) is 9.97 Å². The zero-order valence-electron chi connectivity index (χ0n) is 10.4. The summed E-state index contributed by atoms with van der Waals surface area (Å²) in [7, 11) is 0. The number of fused-ring (bicyclic) bond motifs is 3. The van der Waals surface area contributed by atoms with Crippen LogP contribution in [-0.4, -0.2) is 16.6 Å². The number of hydrogen-bond acceptors (Lipinski definition) is 3. The normalized spacial score (nSPS) is 33.7. The molecule has 4 rings (SSSR count). The van der Waals surface area contributed by atoms with Crippen LogP contribution in [0.4, 0.5) is 0 Å². The van der Waals surface area contributed by atoms with E-state index in [0.29, 0.717) is 12.5 Å². The van der Waals surface area contributed by atoms with Gasteiger partial charge in [-0.3, -0.25) is 0 Å². The summed E-state index contributed by atoms with van der Waals surface area (Å²) in [5.74, 6) is 3.60. The minimum atomic E-state index is 0.634. The van der Waals surface area contributed by atoms with Crippen molar-refractivity contribution in [1.29, 1.82) is 0 Å². The standard InChI is InChI=1S/C14H18N2OS/c18-14-11-7-17-4-3-12(11)15-13(16-14)10-6-8-1-2-9(10)5-8/h8-10H,1-7H2,(H,15,16,18). The van der Waals surface area contributed by atoms with Crippen LogP contribution in [0.15, 0.2) is 0 Å². The summed E-state index contributed by atoms with van der Waals surface area (Å²) in [6, 6.07) is 0. The Morgan fingerprint density at radius 2 is 2.22 bits per heavy atom. The molecule has 0 amide bonds. The van der Waals surface area contributed by atoms with Crippen LogP contribution in [0.2, 0.25) is 0 Å². The van der Waals surface area contributed by atoms with Gasteiger partial charge in [0.25, 0.3) is 0 Å². The van der Waals surface area contributed by atoms with Crippen molar-refractivity contribution in [2.45, 2.75) is 44.6 Å². The average Bonchev–Trinajstić information content (AvgIpc) is 3.01. The molecule has 3 unspecified atom stereocenters. The monoisotopic (exact) mass is 262 g/mol. The topological polar surface area (TPSA) is 37.9 Å². The number of nitrogens with zero attached hydrogens (tertiary/aromatic N) is 1. The Morgan fingerprint density at radius 1 is 1.28 bits per heavy atom. The van der Waals surface area contributed by atoms with Crippen LogP contribution in [0.25, 0.3) is 0 Å². The van der Waals surface area contributed by atoms with E-state index < -0.39 is 0 Å². The SMILES string of the molecule is S=c1nc(C2CC3CCC2C3)[nH]c2c1COCC2. The van der Waals surface area contributed by atoms with Crippen molar-refractivity contribution in [3.63, 3.8) is 0 Å². The molecule has 1 N–H and O–H groups in total. The number of rotatable bonds is 1. The molecule has 0 radical (unpaired) electrons.